The van der Waals surface area contributed by atoms with E-state index in [1.807, 2.05) is 24.3 Å². The van der Waals surface area contributed by atoms with Crippen LogP contribution in [0.15, 0.2) is 42.6 Å². The molecule has 0 aliphatic carbocycles. The van der Waals surface area contributed by atoms with Gasteiger partial charge in [0.25, 0.3) is 0 Å². The van der Waals surface area contributed by atoms with Crippen molar-refractivity contribution in [2.24, 2.45) is 0 Å². The van der Waals surface area contributed by atoms with E-state index in [2.05, 4.69) is 10.3 Å². The van der Waals surface area contributed by atoms with Crippen LogP contribution in [0.4, 0.5) is 5.69 Å². The third kappa shape index (κ3) is 2.74. The van der Waals surface area contributed by atoms with Crippen molar-refractivity contribution < 1.29 is 24.9 Å². The Kier molecular flexibility index (Phi) is 3.83. The van der Waals surface area contributed by atoms with Crippen LogP contribution in [-0.2, 0) is 11.2 Å². The second-order valence-corrected chi connectivity index (χ2v) is 5.25. The standard InChI is InChI=1S/C17H14N2O5/c20-13-6-5-11(17(23)24)16(22)15(13)19-14(21)7-9-8-18-12-4-2-1-3-10(9)12/h1-6,8,18,20,22H,7H2,(H,19,21)(H,23,24). The smallest absolute Gasteiger partial charge is 0.339 e. The minimum absolute atomic E-state index is 0.000191. The number of hydrogen-bond donors (Lipinski definition) is 5. The summed E-state index contributed by atoms with van der Waals surface area (Å²) in [5, 5.41) is 31.9. The molecule has 0 unspecified atom stereocenters. The normalized spacial score (nSPS) is 10.7. The van der Waals surface area contributed by atoms with Crippen molar-refractivity contribution in [2.45, 2.75) is 6.42 Å². The van der Waals surface area contributed by atoms with Crippen LogP contribution in [0, 0.1) is 0 Å². The number of anilines is 1. The number of rotatable bonds is 4. The fourth-order valence-electron chi connectivity index (χ4n) is 2.51. The van der Waals surface area contributed by atoms with Gasteiger partial charge < -0.3 is 25.6 Å². The van der Waals surface area contributed by atoms with Gasteiger partial charge in [-0.25, -0.2) is 4.79 Å². The number of phenols is 2. The lowest BCUT2D eigenvalue weighted by Crippen LogP contribution is -2.15. The molecule has 0 fully saturated rings. The summed E-state index contributed by atoms with van der Waals surface area (Å²) in [6.45, 7) is 0. The number of phenolic OH excluding ortho intramolecular Hbond substituents is 1. The number of amides is 1. The Balaban J connectivity index is 1.85. The molecule has 122 valence electrons. The Morgan fingerprint density at radius 3 is 2.58 bits per heavy atom. The molecule has 24 heavy (non-hydrogen) atoms. The summed E-state index contributed by atoms with van der Waals surface area (Å²) in [6.07, 6.45) is 1.71. The molecular weight excluding hydrogens is 312 g/mol. The molecule has 0 saturated carbocycles. The van der Waals surface area contributed by atoms with Gasteiger partial charge in [0.2, 0.25) is 5.91 Å². The SMILES string of the molecule is O=C(Cc1c[nH]c2ccccc12)Nc1c(O)ccc(C(=O)O)c1O. The summed E-state index contributed by atoms with van der Waals surface area (Å²) >= 11 is 0. The van der Waals surface area contributed by atoms with Crippen LogP contribution in [0.1, 0.15) is 15.9 Å². The summed E-state index contributed by atoms with van der Waals surface area (Å²) in [4.78, 5) is 26.3. The number of hydrogen-bond acceptors (Lipinski definition) is 4. The molecule has 2 aromatic carbocycles. The maximum Gasteiger partial charge on any atom is 0.339 e. The van der Waals surface area contributed by atoms with Crippen LogP contribution in [0.3, 0.4) is 0 Å². The maximum atomic E-state index is 12.2. The lowest BCUT2D eigenvalue weighted by molar-refractivity contribution is -0.115. The third-order valence-electron chi connectivity index (χ3n) is 3.68. The molecule has 0 saturated heterocycles. The molecule has 3 aromatic rings. The lowest BCUT2D eigenvalue weighted by atomic mass is 10.1. The van der Waals surface area contributed by atoms with E-state index in [9.17, 15) is 19.8 Å². The van der Waals surface area contributed by atoms with E-state index < -0.39 is 28.9 Å². The summed E-state index contributed by atoms with van der Waals surface area (Å²) in [5.41, 5.74) is 0.908. The van der Waals surface area contributed by atoms with Gasteiger partial charge >= 0.3 is 5.97 Å². The molecule has 0 bridgehead atoms. The Hall–Kier alpha value is -3.48. The van der Waals surface area contributed by atoms with E-state index in [1.54, 1.807) is 6.20 Å². The van der Waals surface area contributed by atoms with Crippen molar-refractivity contribution >= 4 is 28.5 Å². The Bertz CT molecular complexity index is 945. The van der Waals surface area contributed by atoms with Gasteiger partial charge in [-0.05, 0) is 23.8 Å². The van der Waals surface area contributed by atoms with Crippen molar-refractivity contribution in [3.63, 3.8) is 0 Å². The van der Waals surface area contributed by atoms with E-state index in [1.165, 1.54) is 0 Å². The molecule has 3 rings (SSSR count). The minimum atomic E-state index is -1.36. The number of aromatic hydroxyl groups is 2. The molecule has 1 aromatic heterocycles. The van der Waals surface area contributed by atoms with E-state index in [0.717, 1.165) is 28.6 Å². The van der Waals surface area contributed by atoms with Crippen LogP contribution in [0.2, 0.25) is 0 Å². The van der Waals surface area contributed by atoms with Gasteiger partial charge in [0.15, 0.2) is 5.75 Å². The molecule has 1 heterocycles. The average Bonchev–Trinajstić information content (AvgIpc) is 2.94. The van der Waals surface area contributed by atoms with Crippen molar-refractivity contribution in [2.75, 3.05) is 5.32 Å². The van der Waals surface area contributed by atoms with Gasteiger partial charge in [0.05, 0.1) is 6.42 Å². The number of aromatic carboxylic acids is 1. The van der Waals surface area contributed by atoms with E-state index >= 15 is 0 Å². The predicted molar refractivity (Wildman–Crippen MR) is 87.4 cm³/mol. The zero-order valence-electron chi connectivity index (χ0n) is 12.4. The molecule has 0 spiro atoms. The van der Waals surface area contributed by atoms with Crippen molar-refractivity contribution in [3.8, 4) is 11.5 Å². The number of fused-ring (bicyclic) bond motifs is 1. The van der Waals surface area contributed by atoms with E-state index in [4.69, 9.17) is 5.11 Å². The Morgan fingerprint density at radius 2 is 1.83 bits per heavy atom. The third-order valence-corrected chi connectivity index (χ3v) is 3.68. The van der Waals surface area contributed by atoms with Gasteiger partial charge in [-0.15, -0.1) is 0 Å². The fraction of sp³-hybridized carbons (Fsp3) is 0.0588. The molecule has 0 radical (unpaired) electrons. The highest BCUT2D eigenvalue weighted by Gasteiger charge is 2.19. The number of aromatic nitrogens is 1. The largest absolute Gasteiger partial charge is 0.506 e. The topological polar surface area (TPSA) is 123 Å². The first-order valence-electron chi connectivity index (χ1n) is 7.10. The number of carboxylic acid groups (broad SMARTS) is 1. The minimum Gasteiger partial charge on any atom is -0.506 e. The van der Waals surface area contributed by atoms with Gasteiger partial charge in [0.1, 0.15) is 17.0 Å². The molecule has 0 aliphatic heterocycles. The number of nitrogens with one attached hydrogen (secondary N) is 2. The molecule has 7 nitrogen and oxygen atoms in total. The highest BCUT2D eigenvalue weighted by atomic mass is 16.4. The number of aromatic amines is 1. The van der Waals surface area contributed by atoms with Gasteiger partial charge in [-0.3, -0.25) is 4.79 Å². The first kappa shape index (κ1) is 15.4. The van der Waals surface area contributed by atoms with Crippen LogP contribution in [0.5, 0.6) is 11.5 Å². The number of carbonyl (C=O) groups is 2. The molecule has 7 heteroatoms. The fourth-order valence-corrected chi connectivity index (χ4v) is 2.51. The molecule has 0 aliphatic rings. The Morgan fingerprint density at radius 1 is 1.08 bits per heavy atom. The van der Waals surface area contributed by atoms with Crippen LogP contribution < -0.4 is 5.32 Å². The number of benzene rings is 2. The molecule has 0 atom stereocenters. The quantitative estimate of drug-likeness (QED) is 0.471. The predicted octanol–water partition coefficient (Wildman–Crippen LogP) is 2.46. The summed E-state index contributed by atoms with van der Waals surface area (Å²) in [7, 11) is 0. The summed E-state index contributed by atoms with van der Waals surface area (Å²) < 4.78 is 0. The van der Waals surface area contributed by atoms with Crippen LogP contribution in [-0.4, -0.2) is 32.2 Å². The second kappa shape index (κ2) is 5.96. The highest BCUT2D eigenvalue weighted by Crippen LogP contribution is 2.36. The monoisotopic (exact) mass is 326 g/mol. The number of para-hydroxylation sites is 1. The zero-order chi connectivity index (χ0) is 17.3. The highest BCUT2D eigenvalue weighted by molar-refractivity contribution is 6.01. The lowest BCUT2D eigenvalue weighted by Gasteiger charge is -2.11. The summed E-state index contributed by atoms with van der Waals surface area (Å²) in [6, 6.07) is 9.63. The molecule has 1 amide bonds. The zero-order valence-corrected chi connectivity index (χ0v) is 12.4. The van der Waals surface area contributed by atoms with Crippen molar-refractivity contribution in [3.05, 3.63) is 53.7 Å². The summed E-state index contributed by atoms with van der Waals surface area (Å²) in [5.74, 6) is -2.95. The maximum absolute atomic E-state index is 12.2. The first-order chi connectivity index (χ1) is 11.5. The van der Waals surface area contributed by atoms with Crippen LogP contribution >= 0.6 is 0 Å². The first-order valence-corrected chi connectivity index (χ1v) is 7.10. The van der Waals surface area contributed by atoms with Gasteiger partial charge in [0, 0.05) is 17.1 Å². The van der Waals surface area contributed by atoms with E-state index in [0.29, 0.717) is 0 Å². The van der Waals surface area contributed by atoms with Gasteiger partial charge in [-0.1, -0.05) is 18.2 Å². The Labute approximate surface area is 136 Å². The van der Waals surface area contributed by atoms with Gasteiger partial charge in [-0.2, -0.15) is 0 Å². The van der Waals surface area contributed by atoms with Crippen molar-refractivity contribution in [1.29, 1.82) is 0 Å². The van der Waals surface area contributed by atoms with Crippen molar-refractivity contribution in [1.82, 2.24) is 4.98 Å². The number of carbonyl (C=O) groups excluding carboxylic acids is 1. The molecule has 5 N–H and O–H groups in total. The second-order valence-electron chi connectivity index (χ2n) is 5.25. The molecular formula is C17H14N2O5. The van der Waals surface area contributed by atoms with Crippen LogP contribution in [0.25, 0.3) is 10.9 Å². The number of H-pyrrole nitrogens is 1. The average molecular weight is 326 g/mol. The number of carboxylic acids is 1. The van der Waals surface area contributed by atoms with E-state index in [-0.39, 0.29) is 12.1 Å².